The lowest BCUT2D eigenvalue weighted by atomic mass is 9.77. The molecule has 0 spiro atoms. The van der Waals surface area contributed by atoms with E-state index in [0.29, 0.717) is 17.9 Å². The number of piperidine rings is 1. The quantitative estimate of drug-likeness (QED) is 0.727. The van der Waals surface area contributed by atoms with Gasteiger partial charge in [0.2, 0.25) is 5.95 Å². The van der Waals surface area contributed by atoms with Crippen molar-refractivity contribution in [3.63, 3.8) is 0 Å². The van der Waals surface area contributed by atoms with E-state index in [-0.39, 0.29) is 12.2 Å². The summed E-state index contributed by atoms with van der Waals surface area (Å²) in [5.41, 5.74) is 0. The largest absolute Gasteiger partial charge is 0.393 e. The van der Waals surface area contributed by atoms with E-state index < -0.39 is 0 Å². The highest BCUT2D eigenvalue weighted by molar-refractivity contribution is 5.45. The number of fused-ring (bicyclic) bond motifs is 1. The van der Waals surface area contributed by atoms with Crippen LogP contribution in [0.25, 0.3) is 0 Å². The molecule has 166 valence electrons. The van der Waals surface area contributed by atoms with E-state index in [1.54, 1.807) is 0 Å². The zero-order valence-electron chi connectivity index (χ0n) is 18.1. The Bertz CT molecular complexity index is 719. The van der Waals surface area contributed by atoms with Crippen molar-refractivity contribution >= 4 is 11.8 Å². The molecule has 4 heterocycles. The molecule has 4 atom stereocenters. The summed E-state index contributed by atoms with van der Waals surface area (Å²) in [5.74, 6) is 2.92. The molecule has 0 radical (unpaired) electrons. The molecule has 4 fully saturated rings. The van der Waals surface area contributed by atoms with E-state index in [4.69, 9.17) is 4.98 Å². The molecule has 0 aromatic carbocycles. The van der Waals surface area contributed by atoms with E-state index in [2.05, 4.69) is 31.6 Å². The first-order chi connectivity index (χ1) is 14.6. The highest BCUT2D eigenvalue weighted by atomic mass is 16.3. The predicted octanol–water partition coefficient (Wildman–Crippen LogP) is 0.261. The highest BCUT2D eigenvalue weighted by Gasteiger charge is 2.44. The van der Waals surface area contributed by atoms with Crippen molar-refractivity contribution < 1.29 is 10.2 Å². The molecule has 2 N–H and O–H groups in total. The highest BCUT2D eigenvalue weighted by Crippen LogP contribution is 2.39. The third kappa shape index (κ3) is 4.15. The Morgan fingerprint density at radius 3 is 2.33 bits per heavy atom. The average Bonchev–Trinajstić information content (AvgIpc) is 3.17. The zero-order chi connectivity index (χ0) is 20.7. The molecule has 1 aromatic heterocycles. The molecule has 3 saturated heterocycles. The van der Waals surface area contributed by atoms with Crippen LogP contribution in [-0.2, 0) is 0 Å². The zero-order valence-corrected chi connectivity index (χ0v) is 18.1. The first-order valence-corrected chi connectivity index (χ1v) is 11.7. The standard InChI is InChI=1S/C22H36N6O2/c1-25-8-10-26(11-9-25)19-12-16-14-28(15-17(16)13-20(19)30)22-23-5-2-21(24-22)27-6-3-18(29)4-7-27/h2,5,16-20,29-30H,3-4,6-15H2,1H3/t16-,17+,19-,20-/m1/s1. The fourth-order valence-corrected chi connectivity index (χ4v) is 5.88. The van der Waals surface area contributed by atoms with Crippen LogP contribution in [0.4, 0.5) is 11.8 Å². The maximum Gasteiger partial charge on any atom is 0.227 e. The number of hydrogen-bond donors (Lipinski definition) is 2. The lowest BCUT2D eigenvalue weighted by Crippen LogP contribution is -2.55. The molecule has 1 aromatic rings. The van der Waals surface area contributed by atoms with Crippen molar-refractivity contribution in [2.24, 2.45) is 11.8 Å². The van der Waals surface area contributed by atoms with E-state index in [1.807, 2.05) is 12.3 Å². The smallest absolute Gasteiger partial charge is 0.227 e. The first kappa shape index (κ1) is 20.4. The summed E-state index contributed by atoms with van der Waals surface area (Å²) in [7, 11) is 2.18. The molecule has 0 bridgehead atoms. The fourth-order valence-electron chi connectivity index (χ4n) is 5.88. The molecule has 3 aliphatic heterocycles. The molecule has 1 aliphatic carbocycles. The van der Waals surface area contributed by atoms with Crippen molar-refractivity contribution in [2.75, 3.05) is 69.2 Å². The molecule has 8 nitrogen and oxygen atoms in total. The van der Waals surface area contributed by atoms with Crippen LogP contribution in [0.3, 0.4) is 0 Å². The van der Waals surface area contributed by atoms with Gasteiger partial charge in [0, 0.05) is 64.6 Å². The number of aromatic nitrogens is 2. The molecule has 0 unspecified atom stereocenters. The van der Waals surface area contributed by atoms with Gasteiger partial charge < -0.3 is 24.9 Å². The first-order valence-electron chi connectivity index (χ1n) is 11.7. The average molecular weight is 417 g/mol. The number of nitrogens with zero attached hydrogens (tertiary/aromatic N) is 6. The van der Waals surface area contributed by atoms with E-state index in [0.717, 1.165) is 89.8 Å². The number of rotatable bonds is 3. The Labute approximate surface area is 179 Å². The van der Waals surface area contributed by atoms with E-state index in [9.17, 15) is 10.2 Å². The summed E-state index contributed by atoms with van der Waals surface area (Å²) >= 11 is 0. The van der Waals surface area contributed by atoms with E-state index >= 15 is 0 Å². The van der Waals surface area contributed by atoms with Gasteiger partial charge in [0.15, 0.2) is 0 Å². The molecular weight excluding hydrogens is 380 g/mol. The minimum absolute atomic E-state index is 0.177. The van der Waals surface area contributed by atoms with Gasteiger partial charge in [-0.25, -0.2) is 4.98 Å². The molecule has 5 rings (SSSR count). The second-order valence-electron chi connectivity index (χ2n) is 9.80. The summed E-state index contributed by atoms with van der Waals surface area (Å²) < 4.78 is 0. The minimum Gasteiger partial charge on any atom is -0.393 e. The lowest BCUT2D eigenvalue weighted by Gasteiger charge is -2.44. The van der Waals surface area contributed by atoms with E-state index in [1.165, 1.54) is 0 Å². The lowest BCUT2D eigenvalue weighted by molar-refractivity contribution is -0.0249. The maximum atomic E-state index is 10.9. The number of likely N-dealkylation sites (N-methyl/N-ethyl adjacent to an activating group) is 1. The second kappa shape index (κ2) is 8.57. The van der Waals surface area contributed by atoms with Gasteiger partial charge in [-0.3, -0.25) is 4.90 Å². The monoisotopic (exact) mass is 416 g/mol. The van der Waals surface area contributed by atoms with Crippen LogP contribution < -0.4 is 9.80 Å². The van der Waals surface area contributed by atoms with Gasteiger partial charge >= 0.3 is 0 Å². The third-order valence-corrected chi connectivity index (χ3v) is 7.82. The normalized spacial score (nSPS) is 34.4. The Kier molecular flexibility index (Phi) is 5.84. The minimum atomic E-state index is -0.221. The second-order valence-corrected chi connectivity index (χ2v) is 9.80. The van der Waals surface area contributed by atoms with Crippen LogP contribution in [0.5, 0.6) is 0 Å². The summed E-state index contributed by atoms with van der Waals surface area (Å²) in [6, 6.07) is 2.28. The fraction of sp³-hybridized carbons (Fsp3) is 0.818. The summed E-state index contributed by atoms with van der Waals surface area (Å²) in [6.07, 6.45) is 5.05. The van der Waals surface area contributed by atoms with Gasteiger partial charge in [0.05, 0.1) is 12.2 Å². The number of hydrogen-bond acceptors (Lipinski definition) is 8. The molecule has 4 aliphatic rings. The van der Waals surface area contributed by atoms with Gasteiger partial charge in [0.1, 0.15) is 5.82 Å². The van der Waals surface area contributed by atoms with Crippen LogP contribution in [0.1, 0.15) is 25.7 Å². The Hall–Kier alpha value is -1.48. The predicted molar refractivity (Wildman–Crippen MR) is 117 cm³/mol. The van der Waals surface area contributed by atoms with Crippen LogP contribution in [-0.4, -0.2) is 108 Å². The summed E-state index contributed by atoms with van der Waals surface area (Å²) in [6.45, 7) is 7.95. The van der Waals surface area contributed by atoms with Crippen LogP contribution in [0.2, 0.25) is 0 Å². The number of aliphatic hydroxyl groups excluding tert-OH is 2. The molecule has 1 saturated carbocycles. The number of anilines is 2. The van der Waals surface area contributed by atoms with Gasteiger partial charge in [-0.1, -0.05) is 0 Å². The SMILES string of the molecule is CN1CCN([C@@H]2C[C@@H]3CN(c4nccc(N5CCC(O)CC5)n4)C[C@@H]3C[C@H]2O)CC1. The van der Waals surface area contributed by atoms with Gasteiger partial charge in [0.25, 0.3) is 0 Å². The van der Waals surface area contributed by atoms with Crippen molar-refractivity contribution in [1.82, 2.24) is 19.8 Å². The van der Waals surface area contributed by atoms with Crippen molar-refractivity contribution in [2.45, 2.75) is 43.9 Å². The van der Waals surface area contributed by atoms with Gasteiger partial charge in [-0.2, -0.15) is 4.98 Å². The van der Waals surface area contributed by atoms with Gasteiger partial charge in [-0.15, -0.1) is 0 Å². The van der Waals surface area contributed by atoms with Crippen LogP contribution in [0.15, 0.2) is 12.3 Å². The molecule has 8 heteroatoms. The molecule has 30 heavy (non-hydrogen) atoms. The number of aliphatic hydroxyl groups is 2. The van der Waals surface area contributed by atoms with Crippen LogP contribution >= 0.6 is 0 Å². The van der Waals surface area contributed by atoms with Gasteiger partial charge in [-0.05, 0) is 50.6 Å². The Balaban J connectivity index is 1.24. The maximum absolute atomic E-state index is 10.9. The molecular formula is C22H36N6O2. The van der Waals surface area contributed by atoms with Crippen molar-refractivity contribution in [3.8, 4) is 0 Å². The Morgan fingerprint density at radius 1 is 0.900 bits per heavy atom. The summed E-state index contributed by atoms with van der Waals surface area (Å²) in [4.78, 5) is 18.9. The number of piperazine rings is 1. The third-order valence-electron chi connectivity index (χ3n) is 7.82. The van der Waals surface area contributed by atoms with Crippen molar-refractivity contribution in [3.05, 3.63) is 12.3 Å². The van der Waals surface area contributed by atoms with Crippen molar-refractivity contribution in [1.29, 1.82) is 0 Å². The summed E-state index contributed by atoms with van der Waals surface area (Å²) in [5, 5.41) is 20.7. The molecule has 0 amide bonds. The topological polar surface area (TPSA) is 79.2 Å². The van der Waals surface area contributed by atoms with Crippen LogP contribution in [0, 0.1) is 11.8 Å². The Morgan fingerprint density at radius 2 is 1.60 bits per heavy atom.